The number of para-hydroxylation sites is 1. The van der Waals surface area contributed by atoms with Crippen LogP contribution in [0.1, 0.15) is 22.3 Å². The summed E-state index contributed by atoms with van der Waals surface area (Å²) < 4.78 is 1.01. The third kappa shape index (κ3) is 2.39. The molecule has 3 rings (SSSR count). The number of carbonyl (C=O) groups excluding carboxylic acids is 1. The lowest BCUT2D eigenvalue weighted by atomic mass is 10.0. The number of nitrogens with zero attached hydrogens (tertiary/aromatic N) is 1. The van der Waals surface area contributed by atoms with Gasteiger partial charge in [-0.25, -0.2) is 0 Å². The Kier molecular flexibility index (Phi) is 3.55. The summed E-state index contributed by atoms with van der Waals surface area (Å²) in [6.45, 7) is 0.806. The number of halogens is 1. The smallest absolute Gasteiger partial charge is 0.259 e. The lowest BCUT2D eigenvalue weighted by Crippen LogP contribution is -2.35. The molecule has 3 heteroatoms. The van der Waals surface area contributed by atoms with Crippen LogP contribution in [0.3, 0.4) is 0 Å². The van der Waals surface area contributed by atoms with E-state index in [4.69, 9.17) is 0 Å². The van der Waals surface area contributed by atoms with Gasteiger partial charge in [0, 0.05) is 15.8 Å². The lowest BCUT2D eigenvalue weighted by molar-refractivity contribution is 0.0984. The molecule has 96 valence electrons. The topological polar surface area (TPSA) is 20.3 Å². The quantitative estimate of drug-likeness (QED) is 0.705. The van der Waals surface area contributed by atoms with Crippen molar-refractivity contribution in [3.8, 4) is 0 Å². The minimum Gasteiger partial charge on any atom is -0.308 e. The van der Waals surface area contributed by atoms with Crippen molar-refractivity contribution in [1.29, 1.82) is 0 Å². The predicted molar refractivity (Wildman–Crippen MR) is 85.6 cm³/mol. The molecule has 0 N–H and O–H groups in total. The summed E-state index contributed by atoms with van der Waals surface area (Å²) >= 11 is 2.22. The second kappa shape index (κ2) is 5.33. The highest BCUT2D eigenvalue weighted by molar-refractivity contribution is 14.1. The highest BCUT2D eigenvalue weighted by Crippen LogP contribution is 2.28. The number of fused-ring (bicyclic) bond motifs is 1. The van der Waals surface area contributed by atoms with Gasteiger partial charge in [0.05, 0.1) is 5.56 Å². The molecule has 0 saturated carbocycles. The Balaban J connectivity index is 2.00. The summed E-state index contributed by atoms with van der Waals surface area (Å²) in [5.74, 6) is 0.108. The zero-order chi connectivity index (χ0) is 13.2. The van der Waals surface area contributed by atoms with Gasteiger partial charge in [0.25, 0.3) is 5.91 Å². The Morgan fingerprint density at radius 3 is 2.63 bits per heavy atom. The van der Waals surface area contributed by atoms with Crippen LogP contribution < -0.4 is 4.90 Å². The molecule has 0 radical (unpaired) electrons. The van der Waals surface area contributed by atoms with Gasteiger partial charge >= 0.3 is 0 Å². The van der Waals surface area contributed by atoms with Crippen molar-refractivity contribution in [2.45, 2.75) is 12.8 Å². The number of carbonyl (C=O) groups is 1. The van der Waals surface area contributed by atoms with Gasteiger partial charge in [0.2, 0.25) is 0 Å². The van der Waals surface area contributed by atoms with Crippen molar-refractivity contribution < 1.29 is 4.79 Å². The second-order valence-electron chi connectivity index (χ2n) is 4.67. The Bertz CT molecular complexity index is 624. The average Bonchev–Trinajstić information content (AvgIpc) is 2.46. The first kappa shape index (κ1) is 12.7. The van der Waals surface area contributed by atoms with Gasteiger partial charge in [-0.15, -0.1) is 0 Å². The van der Waals surface area contributed by atoms with E-state index in [1.165, 1.54) is 5.56 Å². The molecular formula is C16H14INO. The number of amides is 1. The first-order valence-corrected chi connectivity index (χ1v) is 7.49. The molecule has 1 aliphatic rings. The maximum atomic E-state index is 12.7. The summed E-state index contributed by atoms with van der Waals surface area (Å²) in [4.78, 5) is 14.6. The zero-order valence-corrected chi connectivity index (χ0v) is 12.6. The van der Waals surface area contributed by atoms with Crippen molar-refractivity contribution in [3.05, 3.63) is 63.2 Å². The molecule has 0 spiro atoms. The molecule has 2 aromatic rings. The van der Waals surface area contributed by atoms with Crippen molar-refractivity contribution in [2.75, 3.05) is 11.4 Å². The third-order valence-electron chi connectivity index (χ3n) is 3.46. The molecule has 0 unspecified atom stereocenters. The molecule has 0 aliphatic carbocycles. The molecule has 2 aromatic carbocycles. The molecule has 0 fully saturated rings. The van der Waals surface area contributed by atoms with Crippen LogP contribution in [0.25, 0.3) is 0 Å². The van der Waals surface area contributed by atoms with E-state index >= 15 is 0 Å². The average molecular weight is 363 g/mol. The van der Waals surface area contributed by atoms with E-state index in [9.17, 15) is 4.79 Å². The SMILES string of the molecule is O=C(c1ccccc1I)N1CCCc2ccccc21. The summed E-state index contributed by atoms with van der Waals surface area (Å²) in [5.41, 5.74) is 3.13. The van der Waals surface area contributed by atoms with Gasteiger partial charge in [0.15, 0.2) is 0 Å². The highest BCUT2D eigenvalue weighted by atomic mass is 127. The number of anilines is 1. The van der Waals surface area contributed by atoms with E-state index < -0.39 is 0 Å². The van der Waals surface area contributed by atoms with Crippen LogP contribution >= 0.6 is 22.6 Å². The minimum atomic E-state index is 0.108. The van der Waals surface area contributed by atoms with E-state index in [-0.39, 0.29) is 5.91 Å². The Morgan fingerprint density at radius 1 is 1.05 bits per heavy atom. The fraction of sp³-hybridized carbons (Fsp3) is 0.188. The highest BCUT2D eigenvalue weighted by Gasteiger charge is 2.24. The van der Waals surface area contributed by atoms with E-state index in [1.54, 1.807) is 0 Å². The van der Waals surface area contributed by atoms with Gasteiger partial charge < -0.3 is 4.90 Å². The van der Waals surface area contributed by atoms with Crippen LogP contribution in [0.4, 0.5) is 5.69 Å². The molecule has 0 aromatic heterocycles. The second-order valence-corrected chi connectivity index (χ2v) is 5.83. The van der Waals surface area contributed by atoms with Gasteiger partial charge in [-0.3, -0.25) is 4.79 Å². The van der Waals surface area contributed by atoms with Crippen LogP contribution in [0.5, 0.6) is 0 Å². The third-order valence-corrected chi connectivity index (χ3v) is 4.40. The van der Waals surface area contributed by atoms with E-state index in [1.807, 2.05) is 47.4 Å². The van der Waals surface area contributed by atoms with Crippen LogP contribution in [0, 0.1) is 3.57 Å². The summed E-state index contributed by atoms with van der Waals surface area (Å²) in [7, 11) is 0. The molecule has 1 heterocycles. The molecule has 0 atom stereocenters. The lowest BCUT2D eigenvalue weighted by Gasteiger charge is -2.29. The zero-order valence-electron chi connectivity index (χ0n) is 10.5. The first-order valence-electron chi connectivity index (χ1n) is 6.41. The molecule has 0 bridgehead atoms. The van der Waals surface area contributed by atoms with Crippen molar-refractivity contribution >= 4 is 34.2 Å². The minimum absolute atomic E-state index is 0.108. The first-order chi connectivity index (χ1) is 9.27. The van der Waals surface area contributed by atoms with E-state index in [0.717, 1.165) is 34.2 Å². The van der Waals surface area contributed by atoms with Crippen molar-refractivity contribution in [2.24, 2.45) is 0 Å². The molecule has 0 saturated heterocycles. The van der Waals surface area contributed by atoms with Crippen molar-refractivity contribution in [3.63, 3.8) is 0 Å². The predicted octanol–water partition coefficient (Wildman–Crippen LogP) is 3.88. The maximum absolute atomic E-state index is 12.7. The summed E-state index contributed by atoms with van der Waals surface area (Å²) in [5, 5.41) is 0. The van der Waals surface area contributed by atoms with E-state index in [2.05, 4.69) is 28.7 Å². The van der Waals surface area contributed by atoms with Gasteiger partial charge in [-0.2, -0.15) is 0 Å². The Labute approximate surface area is 126 Å². The molecule has 19 heavy (non-hydrogen) atoms. The van der Waals surface area contributed by atoms with Gasteiger partial charge in [0.1, 0.15) is 0 Å². The number of rotatable bonds is 1. The molecule has 2 nitrogen and oxygen atoms in total. The number of aryl methyl sites for hydroxylation is 1. The number of benzene rings is 2. The fourth-order valence-corrected chi connectivity index (χ4v) is 3.14. The number of hydrogen-bond donors (Lipinski definition) is 0. The van der Waals surface area contributed by atoms with Crippen LogP contribution in [0.2, 0.25) is 0 Å². The summed E-state index contributed by atoms with van der Waals surface area (Å²) in [6.07, 6.45) is 2.10. The van der Waals surface area contributed by atoms with Gasteiger partial charge in [-0.1, -0.05) is 30.3 Å². The monoisotopic (exact) mass is 363 g/mol. The molecule has 1 amide bonds. The number of hydrogen-bond acceptors (Lipinski definition) is 1. The van der Waals surface area contributed by atoms with E-state index in [0.29, 0.717) is 0 Å². The Morgan fingerprint density at radius 2 is 1.79 bits per heavy atom. The fourth-order valence-electron chi connectivity index (χ4n) is 2.52. The molecular weight excluding hydrogens is 349 g/mol. The normalized spacial score (nSPS) is 14.1. The molecule has 1 aliphatic heterocycles. The van der Waals surface area contributed by atoms with Crippen LogP contribution in [-0.4, -0.2) is 12.5 Å². The van der Waals surface area contributed by atoms with Crippen LogP contribution in [0.15, 0.2) is 48.5 Å². The van der Waals surface area contributed by atoms with Crippen molar-refractivity contribution in [1.82, 2.24) is 0 Å². The van der Waals surface area contributed by atoms with Crippen LogP contribution in [-0.2, 0) is 6.42 Å². The van der Waals surface area contributed by atoms with Gasteiger partial charge in [-0.05, 0) is 59.2 Å². The summed E-state index contributed by atoms with van der Waals surface area (Å²) in [6, 6.07) is 16.0. The standard InChI is InChI=1S/C16H14INO/c17-14-9-3-2-8-13(14)16(19)18-11-5-7-12-6-1-4-10-15(12)18/h1-4,6,8-10H,5,7,11H2. The largest absolute Gasteiger partial charge is 0.308 e. The maximum Gasteiger partial charge on any atom is 0.259 e. The Hall–Kier alpha value is -1.36.